The first-order chi connectivity index (χ1) is 13.6. The first kappa shape index (κ1) is 17.1. The highest BCUT2D eigenvalue weighted by atomic mass is 32.2. The zero-order chi connectivity index (χ0) is 19.1. The predicted molar refractivity (Wildman–Crippen MR) is 108 cm³/mol. The molecule has 1 heterocycles. The number of benzene rings is 3. The maximum atomic E-state index is 12.9. The summed E-state index contributed by atoms with van der Waals surface area (Å²) in [4.78, 5) is 0.153. The van der Waals surface area contributed by atoms with Crippen molar-refractivity contribution in [3.8, 4) is 22.6 Å². The maximum Gasteiger partial charge on any atom is 0.262 e. The predicted octanol–water partition coefficient (Wildman–Crippen LogP) is 4.22. The minimum atomic E-state index is -3.73. The van der Waals surface area contributed by atoms with Crippen LogP contribution in [-0.4, -0.2) is 21.6 Å². The van der Waals surface area contributed by atoms with E-state index in [1.807, 2.05) is 30.3 Å². The molecule has 0 amide bonds. The smallest absolute Gasteiger partial charge is 0.262 e. The Morgan fingerprint density at radius 2 is 1.57 bits per heavy atom. The lowest BCUT2D eigenvalue weighted by Gasteiger charge is -2.12. The van der Waals surface area contributed by atoms with Gasteiger partial charge < -0.3 is 9.47 Å². The summed E-state index contributed by atoms with van der Waals surface area (Å²) >= 11 is 0. The second-order valence-corrected chi connectivity index (χ2v) is 8.65. The fraction of sp³-hybridized carbons (Fsp3) is 0.182. The van der Waals surface area contributed by atoms with E-state index in [0.29, 0.717) is 30.4 Å². The molecule has 1 aliphatic carbocycles. The van der Waals surface area contributed by atoms with Gasteiger partial charge in [-0.25, -0.2) is 8.42 Å². The van der Waals surface area contributed by atoms with Gasteiger partial charge in [0.05, 0.1) is 18.1 Å². The van der Waals surface area contributed by atoms with Crippen LogP contribution in [0.3, 0.4) is 0 Å². The van der Waals surface area contributed by atoms with Gasteiger partial charge in [0.2, 0.25) is 0 Å². The summed E-state index contributed by atoms with van der Waals surface area (Å²) in [5, 5.41) is 0. The number of sulfonamides is 1. The Bertz CT molecular complexity index is 1170. The monoisotopic (exact) mass is 393 g/mol. The summed E-state index contributed by atoms with van der Waals surface area (Å²) in [7, 11) is -3.73. The SMILES string of the molecule is O=S(=O)(Nc1ccc2c(c1)Cc1ccccc1-2)c1ccc2c(c1)OCCCO2. The van der Waals surface area contributed by atoms with E-state index < -0.39 is 10.0 Å². The Labute approximate surface area is 164 Å². The van der Waals surface area contributed by atoms with Crippen LogP contribution in [0.1, 0.15) is 17.5 Å². The number of hydrogen-bond acceptors (Lipinski definition) is 4. The molecule has 0 aromatic heterocycles. The zero-order valence-electron chi connectivity index (χ0n) is 15.1. The average Bonchev–Trinajstić information content (AvgIpc) is 2.88. The second-order valence-electron chi connectivity index (χ2n) is 6.97. The van der Waals surface area contributed by atoms with Crippen LogP contribution in [0, 0.1) is 0 Å². The summed E-state index contributed by atoms with van der Waals surface area (Å²) < 4.78 is 39.6. The quantitative estimate of drug-likeness (QED) is 0.566. The van der Waals surface area contributed by atoms with Gasteiger partial charge in [-0.15, -0.1) is 0 Å². The van der Waals surface area contributed by atoms with Gasteiger partial charge >= 0.3 is 0 Å². The molecule has 0 fully saturated rings. The molecule has 0 atom stereocenters. The number of rotatable bonds is 3. The van der Waals surface area contributed by atoms with Crippen molar-refractivity contribution in [2.75, 3.05) is 17.9 Å². The zero-order valence-corrected chi connectivity index (χ0v) is 16.0. The molecule has 142 valence electrons. The molecule has 0 saturated carbocycles. The van der Waals surface area contributed by atoms with Crippen molar-refractivity contribution in [3.05, 3.63) is 71.8 Å². The van der Waals surface area contributed by atoms with E-state index in [9.17, 15) is 8.42 Å². The van der Waals surface area contributed by atoms with Crippen molar-refractivity contribution < 1.29 is 17.9 Å². The molecule has 1 aliphatic heterocycles. The molecule has 0 bridgehead atoms. The van der Waals surface area contributed by atoms with Crippen LogP contribution in [0.25, 0.3) is 11.1 Å². The Kier molecular flexibility index (Phi) is 4.02. The third-order valence-corrected chi connectivity index (χ3v) is 6.45. The maximum absolute atomic E-state index is 12.9. The number of ether oxygens (including phenoxy) is 2. The van der Waals surface area contributed by atoms with E-state index in [1.165, 1.54) is 17.2 Å². The minimum absolute atomic E-state index is 0.153. The Morgan fingerprint density at radius 1 is 0.786 bits per heavy atom. The van der Waals surface area contributed by atoms with Gasteiger partial charge in [0.15, 0.2) is 11.5 Å². The lowest BCUT2D eigenvalue weighted by atomic mass is 10.1. The lowest BCUT2D eigenvalue weighted by Crippen LogP contribution is -2.13. The van der Waals surface area contributed by atoms with E-state index >= 15 is 0 Å². The number of nitrogens with one attached hydrogen (secondary N) is 1. The van der Waals surface area contributed by atoms with E-state index in [2.05, 4.69) is 16.9 Å². The highest BCUT2D eigenvalue weighted by molar-refractivity contribution is 7.92. The van der Waals surface area contributed by atoms with E-state index in [-0.39, 0.29) is 4.90 Å². The molecular formula is C22H19NO4S. The molecule has 0 radical (unpaired) electrons. The van der Waals surface area contributed by atoms with Crippen LogP contribution in [0.15, 0.2) is 65.6 Å². The van der Waals surface area contributed by atoms with Crippen molar-refractivity contribution >= 4 is 15.7 Å². The fourth-order valence-corrected chi connectivity index (χ4v) is 4.80. The van der Waals surface area contributed by atoms with Crippen molar-refractivity contribution in [2.45, 2.75) is 17.7 Å². The number of anilines is 1. The van der Waals surface area contributed by atoms with Crippen molar-refractivity contribution in [3.63, 3.8) is 0 Å². The Hall–Kier alpha value is -2.99. The standard InChI is InChI=1S/C22H19NO4S/c24-28(25,18-7-9-21-22(14-18)27-11-3-10-26-21)23-17-6-8-20-16(13-17)12-15-4-1-2-5-19(15)20/h1-2,4-9,13-14,23H,3,10-12H2. The normalized spacial score (nSPS) is 14.7. The fourth-order valence-electron chi connectivity index (χ4n) is 3.73. The van der Waals surface area contributed by atoms with Crippen LogP contribution in [0.5, 0.6) is 11.5 Å². The van der Waals surface area contributed by atoms with Gasteiger partial charge in [0, 0.05) is 18.2 Å². The molecule has 0 unspecified atom stereocenters. The summed E-state index contributed by atoms with van der Waals surface area (Å²) in [5.41, 5.74) is 5.32. The lowest BCUT2D eigenvalue weighted by molar-refractivity contribution is 0.297. The van der Waals surface area contributed by atoms with Crippen molar-refractivity contribution in [1.29, 1.82) is 0 Å². The number of hydrogen-bond donors (Lipinski definition) is 1. The molecule has 3 aromatic rings. The van der Waals surface area contributed by atoms with Gasteiger partial charge in [-0.1, -0.05) is 30.3 Å². The van der Waals surface area contributed by atoms with Crippen LogP contribution in [-0.2, 0) is 16.4 Å². The van der Waals surface area contributed by atoms with E-state index in [4.69, 9.17) is 9.47 Å². The largest absolute Gasteiger partial charge is 0.490 e. The van der Waals surface area contributed by atoms with Crippen molar-refractivity contribution in [1.82, 2.24) is 0 Å². The first-order valence-electron chi connectivity index (χ1n) is 9.24. The summed E-state index contributed by atoms with van der Waals surface area (Å²) in [5.74, 6) is 1.04. The summed E-state index contributed by atoms with van der Waals surface area (Å²) in [6.45, 7) is 1.07. The second kappa shape index (κ2) is 6.56. The third kappa shape index (κ3) is 2.99. The Morgan fingerprint density at radius 3 is 2.46 bits per heavy atom. The van der Waals surface area contributed by atoms with Crippen LogP contribution >= 0.6 is 0 Å². The summed E-state index contributed by atoms with van der Waals surface area (Å²) in [6, 6.07) is 18.7. The van der Waals surface area contributed by atoms with Crippen LogP contribution < -0.4 is 14.2 Å². The first-order valence-corrected chi connectivity index (χ1v) is 10.7. The molecule has 0 spiro atoms. The van der Waals surface area contributed by atoms with Gasteiger partial charge in [0.25, 0.3) is 10.0 Å². The highest BCUT2D eigenvalue weighted by Gasteiger charge is 2.21. The molecule has 0 saturated heterocycles. The van der Waals surface area contributed by atoms with Crippen LogP contribution in [0.2, 0.25) is 0 Å². The minimum Gasteiger partial charge on any atom is -0.490 e. The number of fused-ring (bicyclic) bond motifs is 4. The molecule has 5 rings (SSSR count). The Balaban J connectivity index is 1.43. The van der Waals surface area contributed by atoms with Crippen molar-refractivity contribution in [2.24, 2.45) is 0 Å². The summed E-state index contributed by atoms with van der Waals surface area (Å²) in [6.07, 6.45) is 1.58. The third-order valence-electron chi connectivity index (χ3n) is 5.08. The van der Waals surface area contributed by atoms with E-state index in [1.54, 1.807) is 12.1 Å². The van der Waals surface area contributed by atoms with Gasteiger partial charge in [-0.3, -0.25) is 4.72 Å². The molecule has 2 aliphatic rings. The topological polar surface area (TPSA) is 64.6 Å². The molecule has 1 N–H and O–H groups in total. The molecule has 5 nitrogen and oxygen atoms in total. The van der Waals surface area contributed by atoms with E-state index in [0.717, 1.165) is 24.0 Å². The van der Waals surface area contributed by atoms with Crippen LogP contribution in [0.4, 0.5) is 5.69 Å². The molecule has 6 heteroatoms. The molecule has 3 aromatic carbocycles. The van der Waals surface area contributed by atoms with Gasteiger partial charge in [-0.05, 0) is 52.9 Å². The molecular weight excluding hydrogens is 374 g/mol. The highest BCUT2D eigenvalue weighted by Crippen LogP contribution is 2.38. The molecule has 28 heavy (non-hydrogen) atoms. The average molecular weight is 393 g/mol. The van der Waals surface area contributed by atoms with Gasteiger partial charge in [-0.2, -0.15) is 0 Å². The van der Waals surface area contributed by atoms with Gasteiger partial charge in [0.1, 0.15) is 0 Å².